The summed E-state index contributed by atoms with van der Waals surface area (Å²) in [5.41, 5.74) is 1.54. The van der Waals surface area contributed by atoms with Gasteiger partial charge in [0.2, 0.25) is 0 Å². The smallest absolute Gasteiger partial charge is 0.258 e. The third-order valence-corrected chi connectivity index (χ3v) is 2.65. The summed E-state index contributed by atoms with van der Waals surface area (Å²) in [7, 11) is 0. The molecule has 2 aromatic rings. The maximum Gasteiger partial charge on any atom is 0.258 e. The van der Waals surface area contributed by atoms with Crippen LogP contribution in [0.25, 0.3) is 0 Å². The molecular formula is C13H11ClN2O2. The predicted molar refractivity (Wildman–Crippen MR) is 70.0 cm³/mol. The normalized spacial score (nSPS) is 10.1. The molecule has 4 nitrogen and oxygen atoms in total. The third-order valence-electron chi connectivity index (χ3n) is 2.34. The molecule has 0 aliphatic carbocycles. The average Bonchev–Trinajstić information content (AvgIpc) is 2.28. The van der Waals surface area contributed by atoms with Gasteiger partial charge in [-0.25, -0.2) is 0 Å². The predicted octanol–water partition coefficient (Wildman–Crippen LogP) is 3.00. The number of nitrogens with one attached hydrogen (secondary N) is 1. The summed E-state index contributed by atoms with van der Waals surface area (Å²) in [6.07, 6.45) is 1.43. The van der Waals surface area contributed by atoms with E-state index in [1.807, 2.05) is 0 Å². The standard InChI is InChI=1S/C13H11ClN2O2/c1-8-5-12(14)11(7-15-8)13(18)16-9-3-2-4-10(17)6-9/h2-7,17H,1H3,(H,16,18). The van der Waals surface area contributed by atoms with E-state index in [1.165, 1.54) is 18.3 Å². The molecule has 2 N–H and O–H groups in total. The molecule has 0 aliphatic heterocycles. The van der Waals surface area contributed by atoms with E-state index in [1.54, 1.807) is 25.1 Å². The second kappa shape index (κ2) is 5.06. The lowest BCUT2D eigenvalue weighted by atomic mass is 10.2. The second-order valence-corrected chi connectivity index (χ2v) is 4.22. The molecule has 0 spiro atoms. The average molecular weight is 263 g/mol. The maximum atomic E-state index is 11.9. The van der Waals surface area contributed by atoms with E-state index < -0.39 is 0 Å². The van der Waals surface area contributed by atoms with Gasteiger partial charge in [0.05, 0.1) is 10.6 Å². The van der Waals surface area contributed by atoms with E-state index in [0.717, 1.165) is 5.69 Å². The number of aromatic hydroxyl groups is 1. The molecule has 0 saturated carbocycles. The number of aromatic nitrogens is 1. The lowest BCUT2D eigenvalue weighted by Gasteiger charge is -2.07. The van der Waals surface area contributed by atoms with Crippen molar-refractivity contribution in [3.05, 3.63) is 52.8 Å². The van der Waals surface area contributed by atoms with E-state index in [9.17, 15) is 9.90 Å². The Kier molecular flexibility index (Phi) is 3.48. The number of anilines is 1. The first-order valence-corrected chi connectivity index (χ1v) is 5.66. The van der Waals surface area contributed by atoms with E-state index in [2.05, 4.69) is 10.3 Å². The minimum absolute atomic E-state index is 0.0842. The van der Waals surface area contributed by atoms with Gasteiger partial charge in [-0.1, -0.05) is 17.7 Å². The number of carbonyl (C=O) groups is 1. The van der Waals surface area contributed by atoms with Crippen LogP contribution in [0.1, 0.15) is 16.1 Å². The Morgan fingerprint density at radius 3 is 2.83 bits per heavy atom. The molecule has 0 atom stereocenters. The van der Waals surface area contributed by atoms with Crippen molar-refractivity contribution < 1.29 is 9.90 Å². The molecule has 5 heteroatoms. The Hall–Kier alpha value is -2.07. The van der Waals surface area contributed by atoms with Crippen molar-refractivity contribution in [3.63, 3.8) is 0 Å². The van der Waals surface area contributed by atoms with Gasteiger partial charge in [-0.15, -0.1) is 0 Å². The Bertz CT molecular complexity index is 599. The molecular weight excluding hydrogens is 252 g/mol. The Balaban J connectivity index is 2.22. The van der Waals surface area contributed by atoms with Crippen LogP contribution in [0.2, 0.25) is 5.02 Å². The quantitative estimate of drug-likeness (QED) is 0.875. The summed E-state index contributed by atoms with van der Waals surface area (Å²) in [6, 6.07) is 7.91. The fourth-order valence-electron chi connectivity index (χ4n) is 1.48. The number of hydrogen-bond donors (Lipinski definition) is 2. The van der Waals surface area contributed by atoms with Crippen LogP contribution in [-0.4, -0.2) is 16.0 Å². The van der Waals surface area contributed by atoms with Crippen LogP contribution < -0.4 is 5.32 Å². The number of phenolic OH excluding ortho intramolecular Hbond substituents is 1. The molecule has 0 bridgehead atoms. The van der Waals surface area contributed by atoms with Crippen LogP contribution in [0.3, 0.4) is 0 Å². The number of aryl methyl sites for hydroxylation is 1. The topological polar surface area (TPSA) is 62.2 Å². The summed E-state index contributed by atoms with van der Waals surface area (Å²) >= 11 is 5.97. The zero-order valence-electron chi connectivity index (χ0n) is 9.64. The molecule has 0 aliphatic rings. The second-order valence-electron chi connectivity index (χ2n) is 3.81. The minimum Gasteiger partial charge on any atom is -0.508 e. The van der Waals surface area contributed by atoms with Gasteiger partial charge in [-0.3, -0.25) is 9.78 Å². The van der Waals surface area contributed by atoms with Crippen LogP contribution >= 0.6 is 11.6 Å². The van der Waals surface area contributed by atoms with Gasteiger partial charge in [0, 0.05) is 23.6 Å². The highest BCUT2D eigenvalue weighted by atomic mass is 35.5. The van der Waals surface area contributed by atoms with Crippen molar-refractivity contribution in [2.24, 2.45) is 0 Å². The number of benzene rings is 1. The third kappa shape index (κ3) is 2.78. The van der Waals surface area contributed by atoms with Gasteiger partial charge in [-0.05, 0) is 25.1 Å². The highest BCUT2D eigenvalue weighted by Crippen LogP contribution is 2.19. The van der Waals surface area contributed by atoms with Crippen LogP contribution in [0, 0.1) is 6.92 Å². The highest BCUT2D eigenvalue weighted by Gasteiger charge is 2.11. The molecule has 0 unspecified atom stereocenters. The van der Waals surface area contributed by atoms with Crippen LogP contribution in [0.5, 0.6) is 5.75 Å². The zero-order valence-corrected chi connectivity index (χ0v) is 10.4. The number of nitrogens with zero attached hydrogens (tertiary/aromatic N) is 1. The lowest BCUT2D eigenvalue weighted by molar-refractivity contribution is 0.102. The first kappa shape index (κ1) is 12.4. The molecule has 1 amide bonds. The fourth-order valence-corrected chi connectivity index (χ4v) is 1.77. The SMILES string of the molecule is Cc1cc(Cl)c(C(=O)Nc2cccc(O)c2)cn1. The monoisotopic (exact) mass is 262 g/mol. The number of hydrogen-bond acceptors (Lipinski definition) is 3. The molecule has 0 radical (unpaired) electrons. The minimum atomic E-state index is -0.363. The summed E-state index contributed by atoms with van der Waals surface area (Å²) in [6.45, 7) is 1.79. The largest absolute Gasteiger partial charge is 0.508 e. The number of halogens is 1. The van der Waals surface area contributed by atoms with Gasteiger partial charge in [0.1, 0.15) is 5.75 Å². The van der Waals surface area contributed by atoms with E-state index >= 15 is 0 Å². The number of amides is 1. The Morgan fingerprint density at radius 1 is 1.39 bits per heavy atom. The van der Waals surface area contributed by atoms with Crippen LogP contribution in [0.15, 0.2) is 36.5 Å². The molecule has 18 heavy (non-hydrogen) atoms. The van der Waals surface area contributed by atoms with E-state index in [4.69, 9.17) is 11.6 Å². The highest BCUT2D eigenvalue weighted by molar-refractivity contribution is 6.34. The van der Waals surface area contributed by atoms with Crippen LogP contribution in [-0.2, 0) is 0 Å². The zero-order chi connectivity index (χ0) is 13.1. The van der Waals surface area contributed by atoms with Crippen LogP contribution in [0.4, 0.5) is 5.69 Å². The molecule has 1 heterocycles. The molecule has 0 saturated heterocycles. The van der Waals surface area contributed by atoms with Crippen molar-refractivity contribution in [1.82, 2.24) is 4.98 Å². The summed E-state index contributed by atoms with van der Waals surface area (Å²) in [5, 5.41) is 12.3. The Morgan fingerprint density at radius 2 is 2.17 bits per heavy atom. The number of phenols is 1. The number of pyridine rings is 1. The fraction of sp³-hybridized carbons (Fsp3) is 0.0769. The maximum absolute atomic E-state index is 11.9. The van der Waals surface area contributed by atoms with E-state index in [-0.39, 0.29) is 11.7 Å². The molecule has 92 valence electrons. The molecule has 1 aromatic heterocycles. The molecule has 0 fully saturated rings. The van der Waals surface area contributed by atoms with Gasteiger partial charge >= 0.3 is 0 Å². The lowest BCUT2D eigenvalue weighted by Crippen LogP contribution is -2.12. The van der Waals surface area contributed by atoms with Crippen molar-refractivity contribution in [1.29, 1.82) is 0 Å². The summed E-state index contributed by atoms with van der Waals surface area (Å²) in [5.74, 6) is -0.279. The van der Waals surface area contributed by atoms with Gasteiger partial charge in [0.25, 0.3) is 5.91 Å². The summed E-state index contributed by atoms with van der Waals surface area (Å²) in [4.78, 5) is 16.0. The van der Waals surface area contributed by atoms with Gasteiger partial charge in [-0.2, -0.15) is 0 Å². The Labute approximate surface area is 109 Å². The molecule has 1 aromatic carbocycles. The van der Waals surface area contributed by atoms with Gasteiger partial charge < -0.3 is 10.4 Å². The van der Waals surface area contributed by atoms with Crippen molar-refractivity contribution in [3.8, 4) is 5.75 Å². The first-order valence-electron chi connectivity index (χ1n) is 5.29. The van der Waals surface area contributed by atoms with Gasteiger partial charge in [0.15, 0.2) is 0 Å². The number of rotatable bonds is 2. The molecule has 2 rings (SSSR count). The number of carbonyl (C=O) groups excluding carboxylic acids is 1. The van der Waals surface area contributed by atoms with Crippen molar-refractivity contribution in [2.75, 3.05) is 5.32 Å². The van der Waals surface area contributed by atoms with Crippen molar-refractivity contribution in [2.45, 2.75) is 6.92 Å². The summed E-state index contributed by atoms with van der Waals surface area (Å²) < 4.78 is 0. The first-order chi connectivity index (χ1) is 8.56. The van der Waals surface area contributed by atoms with E-state index in [0.29, 0.717) is 16.3 Å². The van der Waals surface area contributed by atoms with Crippen molar-refractivity contribution >= 4 is 23.2 Å².